The van der Waals surface area contributed by atoms with Gasteiger partial charge in [0.1, 0.15) is 6.04 Å². The molecule has 0 aliphatic carbocycles. The van der Waals surface area contributed by atoms with E-state index in [1.54, 1.807) is 0 Å². The zero-order valence-electron chi connectivity index (χ0n) is 14.3. The number of unbranched alkanes of at least 4 members (excludes halogenated alkanes) is 13. The maximum absolute atomic E-state index is 10.5. The summed E-state index contributed by atoms with van der Waals surface area (Å²) >= 11 is 0. The van der Waals surface area contributed by atoms with Crippen molar-refractivity contribution >= 4 is 5.97 Å². The van der Waals surface area contributed by atoms with E-state index in [1.165, 1.54) is 70.6 Å². The molecule has 4 heteroatoms. The van der Waals surface area contributed by atoms with Crippen molar-refractivity contribution in [1.82, 2.24) is 0 Å². The molecule has 0 spiro atoms. The molecule has 0 aromatic heterocycles. The highest BCUT2D eigenvalue weighted by molar-refractivity contribution is 5.72. The van der Waals surface area contributed by atoms with E-state index in [0.29, 0.717) is 13.0 Å². The molecule has 22 heavy (non-hydrogen) atoms. The Morgan fingerprint density at radius 1 is 0.682 bits per heavy atom. The van der Waals surface area contributed by atoms with Gasteiger partial charge in [-0.25, -0.2) is 0 Å². The van der Waals surface area contributed by atoms with Crippen LogP contribution in [0.4, 0.5) is 0 Å². The molecule has 0 aromatic carbocycles. The van der Waals surface area contributed by atoms with Crippen molar-refractivity contribution in [1.29, 1.82) is 0 Å². The molecular formula is C18H37NO3. The van der Waals surface area contributed by atoms with Crippen LogP contribution in [0.1, 0.15) is 96.3 Å². The van der Waals surface area contributed by atoms with E-state index in [2.05, 4.69) is 0 Å². The third kappa shape index (κ3) is 15.8. The second-order valence-electron chi connectivity index (χ2n) is 6.41. The van der Waals surface area contributed by atoms with Crippen LogP contribution in [0.3, 0.4) is 0 Å². The van der Waals surface area contributed by atoms with Gasteiger partial charge >= 0.3 is 5.97 Å². The molecular weight excluding hydrogens is 278 g/mol. The molecule has 0 heterocycles. The Morgan fingerprint density at radius 3 is 1.32 bits per heavy atom. The van der Waals surface area contributed by atoms with Crippen molar-refractivity contribution in [2.75, 3.05) is 6.61 Å². The number of hydrogen-bond acceptors (Lipinski definition) is 3. The van der Waals surface area contributed by atoms with Crippen LogP contribution in [-0.2, 0) is 4.79 Å². The number of carbonyl (C=O) groups is 1. The highest BCUT2D eigenvalue weighted by Gasteiger charge is 2.09. The monoisotopic (exact) mass is 315 g/mol. The maximum atomic E-state index is 10.5. The van der Waals surface area contributed by atoms with Gasteiger partial charge in [0.15, 0.2) is 0 Å². The van der Waals surface area contributed by atoms with Gasteiger partial charge in [0.2, 0.25) is 0 Å². The fourth-order valence-corrected chi connectivity index (χ4v) is 2.72. The van der Waals surface area contributed by atoms with Crippen LogP contribution in [0, 0.1) is 0 Å². The summed E-state index contributed by atoms with van der Waals surface area (Å²) in [5.41, 5.74) is 5.46. The normalized spacial score (nSPS) is 12.5. The summed E-state index contributed by atoms with van der Waals surface area (Å²) in [5.74, 6) is -0.881. The predicted octanol–water partition coefficient (Wildman–Crippen LogP) is 4.24. The zero-order valence-corrected chi connectivity index (χ0v) is 14.3. The molecule has 4 nitrogen and oxygen atoms in total. The third-order valence-corrected chi connectivity index (χ3v) is 4.24. The van der Waals surface area contributed by atoms with E-state index in [9.17, 15) is 4.79 Å². The van der Waals surface area contributed by atoms with Crippen LogP contribution in [0.25, 0.3) is 0 Å². The molecule has 0 amide bonds. The summed E-state index contributed by atoms with van der Waals surface area (Å²) in [6.45, 7) is 0.340. The lowest BCUT2D eigenvalue weighted by Gasteiger charge is -2.06. The fourth-order valence-electron chi connectivity index (χ4n) is 2.72. The number of aliphatic hydroxyl groups is 1. The van der Waals surface area contributed by atoms with Gasteiger partial charge < -0.3 is 15.9 Å². The van der Waals surface area contributed by atoms with E-state index in [0.717, 1.165) is 19.3 Å². The van der Waals surface area contributed by atoms with Crippen molar-refractivity contribution in [3.8, 4) is 0 Å². The Hall–Kier alpha value is -0.610. The quantitative estimate of drug-likeness (QED) is 0.350. The van der Waals surface area contributed by atoms with Crippen molar-refractivity contribution in [3.63, 3.8) is 0 Å². The second-order valence-corrected chi connectivity index (χ2v) is 6.41. The lowest BCUT2D eigenvalue weighted by atomic mass is 10.0. The average Bonchev–Trinajstić information content (AvgIpc) is 2.50. The number of aliphatic hydroxyl groups excluding tert-OH is 1. The highest BCUT2D eigenvalue weighted by atomic mass is 16.4. The number of aliphatic carboxylic acids is 1. The minimum Gasteiger partial charge on any atom is -0.480 e. The van der Waals surface area contributed by atoms with Gasteiger partial charge in [-0.05, 0) is 12.8 Å². The number of carboxylic acids is 1. The van der Waals surface area contributed by atoms with Gasteiger partial charge in [0.05, 0.1) is 0 Å². The summed E-state index contributed by atoms with van der Waals surface area (Å²) in [6.07, 6.45) is 17.9. The van der Waals surface area contributed by atoms with Crippen LogP contribution in [0.5, 0.6) is 0 Å². The molecule has 0 radical (unpaired) electrons. The molecule has 1 unspecified atom stereocenters. The van der Waals surface area contributed by atoms with Crippen LogP contribution < -0.4 is 5.73 Å². The summed E-state index contributed by atoms with van der Waals surface area (Å²) in [7, 11) is 0. The van der Waals surface area contributed by atoms with E-state index < -0.39 is 12.0 Å². The molecule has 0 bridgehead atoms. The number of nitrogens with two attached hydrogens (primary N) is 1. The highest BCUT2D eigenvalue weighted by Crippen LogP contribution is 2.13. The first-order valence-electron chi connectivity index (χ1n) is 9.27. The number of hydrogen-bond donors (Lipinski definition) is 3. The van der Waals surface area contributed by atoms with Crippen LogP contribution in [0.15, 0.2) is 0 Å². The number of carboxylic acid groups (broad SMARTS) is 1. The first-order valence-corrected chi connectivity index (χ1v) is 9.27. The van der Waals surface area contributed by atoms with Crippen molar-refractivity contribution in [2.24, 2.45) is 5.73 Å². The van der Waals surface area contributed by atoms with E-state index in [-0.39, 0.29) is 0 Å². The van der Waals surface area contributed by atoms with Crippen molar-refractivity contribution < 1.29 is 15.0 Å². The van der Waals surface area contributed by atoms with Gasteiger partial charge in [0, 0.05) is 6.61 Å². The van der Waals surface area contributed by atoms with E-state index in [4.69, 9.17) is 15.9 Å². The van der Waals surface area contributed by atoms with Gasteiger partial charge in [-0.2, -0.15) is 0 Å². The SMILES string of the molecule is NC(CCCCCCCCCCCCCCCCO)C(=O)O. The Bertz CT molecular complexity index is 246. The fraction of sp³-hybridized carbons (Fsp3) is 0.944. The Kier molecular flexibility index (Phi) is 16.3. The molecule has 0 saturated carbocycles. The van der Waals surface area contributed by atoms with Crippen LogP contribution in [-0.4, -0.2) is 28.8 Å². The maximum Gasteiger partial charge on any atom is 0.320 e. The third-order valence-electron chi connectivity index (χ3n) is 4.24. The van der Waals surface area contributed by atoms with Gasteiger partial charge in [-0.15, -0.1) is 0 Å². The molecule has 4 N–H and O–H groups in total. The first-order chi connectivity index (χ1) is 10.7. The summed E-state index contributed by atoms with van der Waals surface area (Å²) in [5, 5.41) is 17.3. The van der Waals surface area contributed by atoms with Gasteiger partial charge in [-0.3, -0.25) is 4.79 Å². The zero-order chi connectivity index (χ0) is 16.5. The Morgan fingerprint density at radius 2 is 1.00 bits per heavy atom. The molecule has 1 atom stereocenters. The minimum atomic E-state index is -0.881. The summed E-state index contributed by atoms with van der Waals surface area (Å²) < 4.78 is 0. The molecule has 0 aliphatic heterocycles. The standard InChI is InChI=1S/C18H37NO3/c19-17(18(21)22)15-13-11-9-7-5-3-1-2-4-6-8-10-12-14-16-20/h17,20H,1-16,19H2,(H,21,22). The summed E-state index contributed by atoms with van der Waals surface area (Å²) in [6, 6.07) is -0.677. The van der Waals surface area contributed by atoms with Crippen LogP contribution >= 0.6 is 0 Å². The topological polar surface area (TPSA) is 83.5 Å². The van der Waals surface area contributed by atoms with Crippen LogP contribution in [0.2, 0.25) is 0 Å². The largest absolute Gasteiger partial charge is 0.480 e. The van der Waals surface area contributed by atoms with E-state index >= 15 is 0 Å². The molecule has 132 valence electrons. The molecule has 0 rings (SSSR count). The minimum absolute atomic E-state index is 0.340. The number of rotatable bonds is 17. The molecule has 0 saturated heterocycles. The van der Waals surface area contributed by atoms with Gasteiger partial charge in [-0.1, -0.05) is 83.5 Å². The average molecular weight is 315 g/mol. The molecule has 0 aliphatic rings. The van der Waals surface area contributed by atoms with Gasteiger partial charge in [0.25, 0.3) is 0 Å². The smallest absolute Gasteiger partial charge is 0.320 e. The second kappa shape index (κ2) is 16.8. The lowest BCUT2D eigenvalue weighted by molar-refractivity contribution is -0.138. The lowest BCUT2D eigenvalue weighted by Crippen LogP contribution is -2.29. The molecule has 0 aromatic rings. The van der Waals surface area contributed by atoms with Crippen molar-refractivity contribution in [3.05, 3.63) is 0 Å². The Labute approximate surface area is 136 Å². The summed E-state index contributed by atoms with van der Waals surface area (Å²) in [4.78, 5) is 10.5. The van der Waals surface area contributed by atoms with Crippen molar-refractivity contribution in [2.45, 2.75) is 102 Å². The molecule has 0 fully saturated rings. The Balaban J connectivity index is 3.04. The predicted molar refractivity (Wildman–Crippen MR) is 92.0 cm³/mol. The van der Waals surface area contributed by atoms with E-state index in [1.807, 2.05) is 0 Å². The first kappa shape index (κ1) is 21.4.